The summed E-state index contributed by atoms with van der Waals surface area (Å²) in [5.41, 5.74) is 3.04. The molecule has 2 rings (SSSR count). The first kappa shape index (κ1) is 15.7. The van der Waals surface area contributed by atoms with Crippen LogP contribution in [0.15, 0.2) is 22.3 Å². The lowest BCUT2D eigenvalue weighted by Gasteiger charge is -2.17. The summed E-state index contributed by atoms with van der Waals surface area (Å²) in [5.74, 6) is -9.72. The fourth-order valence-electron chi connectivity index (χ4n) is 2.78. The standard InChI is InChI=1S/C16H15F5/c1-6-7(2)9(4)10(8(6)3)5-11-12(17)14(19)16(21)15(20)13(11)18/h10H,5H2,1-4H3. The lowest BCUT2D eigenvalue weighted by Crippen LogP contribution is -2.13. The molecule has 0 spiro atoms. The first-order chi connectivity index (χ1) is 9.68. The van der Waals surface area contributed by atoms with Gasteiger partial charge in [0.05, 0.1) is 0 Å². The van der Waals surface area contributed by atoms with Crippen molar-refractivity contribution in [1.82, 2.24) is 0 Å². The molecule has 114 valence electrons. The monoisotopic (exact) mass is 302 g/mol. The Kier molecular flexibility index (Phi) is 3.95. The predicted molar refractivity (Wildman–Crippen MR) is 70.2 cm³/mol. The van der Waals surface area contributed by atoms with Crippen LogP contribution in [0.3, 0.4) is 0 Å². The van der Waals surface area contributed by atoms with Crippen LogP contribution >= 0.6 is 0 Å². The lowest BCUT2D eigenvalue weighted by molar-refractivity contribution is 0.367. The zero-order chi connectivity index (χ0) is 16.1. The van der Waals surface area contributed by atoms with E-state index in [-0.39, 0.29) is 12.3 Å². The van der Waals surface area contributed by atoms with E-state index in [0.29, 0.717) is 0 Å². The van der Waals surface area contributed by atoms with E-state index in [2.05, 4.69) is 0 Å². The Labute approximate surface area is 120 Å². The highest BCUT2D eigenvalue weighted by Gasteiger charge is 2.31. The number of hydrogen-bond acceptors (Lipinski definition) is 0. The van der Waals surface area contributed by atoms with Crippen LogP contribution in [0.2, 0.25) is 0 Å². The average molecular weight is 302 g/mol. The molecule has 0 radical (unpaired) electrons. The molecule has 0 nitrogen and oxygen atoms in total. The molecule has 1 aromatic rings. The van der Waals surface area contributed by atoms with E-state index in [1.54, 1.807) is 0 Å². The van der Waals surface area contributed by atoms with Gasteiger partial charge in [-0.05, 0) is 45.3 Å². The fraction of sp³-hybridized carbons (Fsp3) is 0.375. The van der Waals surface area contributed by atoms with Gasteiger partial charge in [-0.1, -0.05) is 11.1 Å². The maximum absolute atomic E-state index is 13.8. The topological polar surface area (TPSA) is 0 Å². The van der Waals surface area contributed by atoms with Gasteiger partial charge in [0.2, 0.25) is 5.82 Å². The van der Waals surface area contributed by atoms with Crippen molar-refractivity contribution < 1.29 is 22.0 Å². The third-order valence-electron chi connectivity index (χ3n) is 4.50. The van der Waals surface area contributed by atoms with Gasteiger partial charge in [0, 0.05) is 11.5 Å². The highest BCUT2D eigenvalue weighted by molar-refractivity contribution is 5.47. The lowest BCUT2D eigenvalue weighted by atomic mass is 9.89. The van der Waals surface area contributed by atoms with Crippen LogP contribution in [0.1, 0.15) is 33.3 Å². The van der Waals surface area contributed by atoms with Crippen LogP contribution < -0.4 is 0 Å². The van der Waals surface area contributed by atoms with Crippen molar-refractivity contribution in [2.75, 3.05) is 0 Å². The zero-order valence-corrected chi connectivity index (χ0v) is 12.2. The minimum Gasteiger partial charge on any atom is -0.203 e. The second-order valence-electron chi connectivity index (χ2n) is 5.42. The molecule has 0 heterocycles. The number of rotatable bonds is 2. The summed E-state index contributed by atoms with van der Waals surface area (Å²) in [6, 6.07) is 0. The molecule has 1 aliphatic carbocycles. The summed E-state index contributed by atoms with van der Waals surface area (Å²) in [4.78, 5) is 0. The number of hydrogen-bond donors (Lipinski definition) is 0. The minimum atomic E-state index is -2.12. The van der Waals surface area contributed by atoms with Crippen molar-refractivity contribution in [3.8, 4) is 0 Å². The molecule has 0 N–H and O–H groups in total. The Morgan fingerprint density at radius 3 is 1.33 bits per heavy atom. The SMILES string of the molecule is CC1=C(C)C(Cc2c(F)c(F)c(F)c(F)c2F)C(C)=C1C. The summed E-state index contributed by atoms with van der Waals surface area (Å²) in [7, 11) is 0. The molecule has 5 heteroatoms. The minimum absolute atomic E-state index is 0.238. The summed E-state index contributed by atoms with van der Waals surface area (Å²) in [6.07, 6.45) is -0.238. The highest BCUT2D eigenvalue weighted by Crippen LogP contribution is 2.39. The molecule has 0 atom stereocenters. The van der Waals surface area contributed by atoms with Crippen LogP contribution in [0.5, 0.6) is 0 Å². The second kappa shape index (κ2) is 5.28. The van der Waals surface area contributed by atoms with Crippen molar-refractivity contribution in [2.24, 2.45) is 5.92 Å². The van der Waals surface area contributed by atoms with E-state index in [4.69, 9.17) is 0 Å². The van der Waals surface area contributed by atoms with Crippen LogP contribution in [-0.4, -0.2) is 0 Å². The first-order valence-corrected chi connectivity index (χ1v) is 6.53. The molecular formula is C16H15F5. The summed E-state index contributed by atoms with van der Waals surface area (Å²) in [5, 5.41) is 0. The van der Waals surface area contributed by atoms with Gasteiger partial charge in [-0.3, -0.25) is 0 Å². The smallest absolute Gasteiger partial charge is 0.200 e. The molecule has 1 aliphatic rings. The quantitative estimate of drug-likeness (QED) is 0.399. The van der Waals surface area contributed by atoms with Crippen LogP contribution in [0.4, 0.5) is 22.0 Å². The molecule has 0 aromatic heterocycles. The van der Waals surface area contributed by atoms with Crippen LogP contribution in [-0.2, 0) is 6.42 Å². The van der Waals surface area contributed by atoms with Gasteiger partial charge >= 0.3 is 0 Å². The molecule has 0 aliphatic heterocycles. The van der Waals surface area contributed by atoms with E-state index >= 15 is 0 Å². The van der Waals surface area contributed by atoms with Gasteiger partial charge in [-0.2, -0.15) is 0 Å². The number of halogens is 5. The van der Waals surface area contributed by atoms with Crippen molar-refractivity contribution in [3.63, 3.8) is 0 Å². The maximum Gasteiger partial charge on any atom is 0.200 e. The van der Waals surface area contributed by atoms with E-state index in [9.17, 15) is 22.0 Å². The van der Waals surface area contributed by atoms with Crippen LogP contribution in [0.25, 0.3) is 0 Å². The van der Waals surface area contributed by atoms with Gasteiger partial charge < -0.3 is 0 Å². The third kappa shape index (κ3) is 2.28. The maximum atomic E-state index is 13.8. The largest absolute Gasteiger partial charge is 0.203 e. The molecule has 0 saturated carbocycles. The molecule has 0 saturated heterocycles. The Balaban J connectivity index is 2.52. The average Bonchev–Trinajstić information content (AvgIpc) is 2.64. The molecule has 0 fully saturated rings. The summed E-state index contributed by atoms with van der Waals surface area (Å²) < 4.78 is 67.0. The van der Waals surface area contributed by atoms with Crippen molar-refractivity contribution in [3.05, 3.63) is 56.9 Å². The predicted octanol–water partition coefficient (Wildman–Crippen LogP) is 5.23. The second-order valence-corrected chi connectivity index (χ2v) is 5.42. The molecule has 0 bridgehead atoms. The molecular weight excluding hydrogens is 287 g/mol. The molecule has 1 aromatic carbocycles. The normalized spacial score (nSPS) is 16.4. The molecule has 0 amide bonds. The van der Waals surface area contributed by atoms with E-state index in [0.717, 1.165) is 22.3 Å². The Bertz CT molecular complexity index is 629. The van der Waals surface area contributed by atoms with Gasteiger partial charge in [0.1, 0.15) is 0 Å². The van der Waals surface area contributed by atoms with E-state index < -0.39 is 34.6 Å². The van der Waals surface area contributed by atoms with Crippen molar-refractivity contribution in [1.29, 1.82) is 0 Å². The number of benzene rings is 1. The molecule has 0 unspecified atom stereocenters. The zero-order valence-electron chi connectivity index (χ0n) is 12.2. The summed E-state index contributed by atoms with van der Waals surface area (Å²) >= 11 is 0. The van der Waals surface area contributed by atoms with Crippen molar-refractivity contribution >= 4 is 0 Å². The van der Waals surface area contributed by atoms with Gasteiger partial charge in [0.25, 0.3) is 0 Å². The highest BCUT2D eigenvalue weighted by atomic mass is 19.2. The van der Waals surface area contributed by atoms with Gasteiger partial charge in [0.15, 0.2) is 23.3 Å². The van der Waals surface area contributed by atoms with Gasteiger partial charge in [-0.15, -0.1) is 0 Å². The van der Waals surface area contributed by atoms with E-state index in [1.165, 1.54) is 0 Å². The first-order valence-electron chi connectivity index (χ1n) is 6.53. The Morgan fingerprint density at radius 2 is 0.952 bits per heavy atom. The van der Waals surface area contributed by atoms with Crippen molar-refractivity contribution in [2.45, 2.75) is 34.1 Å². The Hall–Kier alpha value is -1.65. The molecule has 21 heavy (non-hydrogen) atoms. The fourth-order valence-corrected chi connectivity index (χ4v) is 2.78. The van der Waals surface area contributed by atoms with Crippen LogP contribution in [0, 0.1) is 35.0 Å². The van der Waals surface area contributed by atoms with Gasteiger partial charge in [-0.25, -0.2) is 22.0 Å². The third-order valence-corrected chi connectivity index (χ3v) is 4.50. The number of allylic oxidation sites excluding steroid dienone is 4. The van der Waals surface area contributed by atoms with E-state index in [1.807, 2.05) is 27.7 Å². The summed E-state index contributed by atoms with van der Waals surface area (Å²) in [6.45, 7) is 7.39. The Morgan fingerprint density at radius 1 is 0.619 bits per heavy atom.